The highest BCUT2D eigenvalue weighted by Crippen LogP contribution is 2.29. The second-order valence-electron chi connectivity index (χ2n) is 5.24. The lowest BCUT2D eigenvalue weighted by atomic mass is 10.1. The maximum absolute atomic E-state index is 6.24. The van der Waals surface area contributed by atoms with Gasteiger partial charge in [0.2, 0.25) is 0 Å². The lowest BCUT2D eigenvalue weighted by molar-refractivity contribution is 0.611. The van der Waals surface area contributed by atoms with Crippen LogP contribution in [0.5, 0.6) is 0 Å². The van der Waals surface area contributed by atoms with Crippen LogP contribution in [0.15, 0.2) is 28.9 Å². The first kappa shape index (κ1) is 12.9. The molecule has 1 unspecified atom stereocenters. The topological polar surface area (TPSA) is 43.8 Å². The van der Waals surface area contributed by atoms with Crippen LogP contribution in [0.2, 0.25) is 0 Å². The van der Waals surface area contributed by atoms with Gasteiger partial charge in [0.1, 0.15) is 0 Å². The Hall–Kier alpha value is -1.13. The average Bonchev–Trinajstić information content (AvgIpc) is 2.69. The van der Waals surface area contributed by atoms with E-state index < -0.39 is 0 Å². The molecule has 1 aromatic heterocycles. The van der Waals surface area contributed by atoms with Gasteiger partial charge in [-0.05, 0) is 49.9 Å². The first-order chi connectivity index (χ1) is 9.16. The van der Waals surface area contributed by atoms with Gasteiger partial charge in [-0.3, -0.25) is 0 Å². The highest BCUT2D eigenvalue weighted by atomic mass is 79.9. The summed E-state index contributed by atoms with van der Waals surface area (Å²) in [5.74, 6) is 0. The third-order valence-electron chi connectivity index (χ3n) is 3.87. The average molecular weight is 320 g/mol. The lowest BCUT2D eigenvalue weighted by Crippen LogP contribution is -2.10. The second kappa shape index (κ2) is 5.10. The van der Waals surface area contributed by atoms with Crippen molar-refractivity contribution in [2.45, 2.75) is 38.6 Å². The van der Waals surface area contributed by atoms with Crippen molar-refractivity contribution in [3.8, 4) is 5.69 Å². The maximum Gasteiger partial charge on any atom is 0.0678 e. The third-order valence-corrected chi connectivity index (χ3v) is 4.36. The Labute approximate surface area is 121 Å². The molecule has 0 radical (unpaired) electrons. The Morgan fingerprint density at radius 3 is 3.00 bits per heavy atom. The summed E-state index contributed by atoms with van der Waals surface area (Å²) in [6.07, 6.45) is 6.49. The van der Waals surface area contributed by atoms with Gasteiger partial charge in [-0.15, -0.1) is 0 Å². The van der Waals surface area contributed by atoms with Gasteiger partial charge in [-0.25, -0.2) is 4.68 Å². The summed E-state index contributed by atoms with van der Waals surface area (Å²) in [4.78, 5) is 0. The van der Waals surface area contributed by atoms with Crippen LogP contribution in [0.3, 0.4) is 0 Å². The molecule has 0 saturated heterocycles. The Kier molecular flexibility index (Phi) is 3.46. The molecule has 0 saturated carbocycles. The molecule has 0 spiro atoms. The molecule has 1 aliphatic carbocycles. The van der Waals surface area contributed by atoms with Crippen LogP contribution < -0.4 is 5.73 Å². The van der Waals surface area contributed by atoms with Crippen molar-refractivity contribution < 1.29 is 0 Å². The Morgan fingerprint density at radius 2 is 2.21 bits per heavy atom. The number of rotatable bonds is 1. The van der Waals surface area contributed by atoms with E-state index in [1.807, 2.05) is 6.20 Å². The van der Waals surface area contributed by atoms with Crippen molar-refractivity contribution in [3.63, 3.8) is 0 Å². The first-order valence-electron chi connectivity index (χ1n) is 6.75. The van der Waals surface area contributed by atoms with E-state index in [0.717, 1.165) is 23.0 Å². The predicted octanol–water partition coefficient (Wildman–Crippen LogP) is 3.67. The molecule has 0 aliphatic heterocycles. The zero-order valence-corrected chi connectivity index (χ0v) is 12.7. The molecule has 1 heterocycles. The number of halogens is 1. The van der Waals surface area contributed by atoms with Gasteiger partial charge in [0.25, 0.3) is 0 Å². The van der Waals surface area contributed by atoms with E-state index in [2.05, 4.69) is 50.8 Å². The molecular weight excluding hydrogens is 302 g/mol. The molecule has 100 valence electrons. The summed E-state index contributed by atoms with van der Waals surface area (Å²) in [6.45, 7) is 2.12. The van der Waals surface area contributed by atoms with E-state index in [1.54, 1.807) is 0 Å². The van der Waals surface area contributed by atoms with Gasteiger partial charge in [0.05, 0.1) is 11.9 Å². The van der Waals surface area contributed by atoms with E-state index >= 15 is 0 Å². The maximum atomic E-state index is 6.24. The fourth-order valence-electron chi connectivity index (χ4n) is 2.82. The van der Waals surface area contributed by atoms with Crippen LogP contribution in [0.25, 0.3) is 5.69 Å². The van der Waals surface area contributed by atoms with Gasteiger partial charge in [-0.1, -0.05) is 22.4 Å². The molecule has 3 nitrogen and oxygen atoms in total. The van der Waals surface area contributed by atoms with Crippen LogP contribution in [0.4, 0.5) is 0 Å². The number of hydrogen-bond acceptors (Lipinski definition) is 2. The molecule has 1 aliphatic rings. The summed E-state index contributed by atoms with van der Waals surface area (Å²) < 4.78 is 3.17. The largest absolute Gasteiger partial charge is 0.324 e. The van der Waals surface area contributed by atoms with Crippen molar-refractivity contribution in [2.24, 2.45) is 5.73 Å². The van der Waals surface area contributed by atoms with Gasteiger partial charge >= 0.3 is 0 Å². The predicted molar refractivity (Wildman–Crippen MR) is 80.5 cm³/mol. The molecule has 19 heavy (non-hydrogen) atoms. The molecule has 1 atom stereocenters. The standard InChI is InChI=1S/C15H18BrN3/c1-10-8-11(16)6-7-14(10)19-15-5-3-2-4-13(17)12(15)9-18-19/h6-9,13H,2-5,17H2,1H3. The lowest BCUT2D eigenvalue weighted by Gasteiger charge is -2.12. The zero-order chi connectivity index (χ0) is 13.4. The quantitative estimate of drug-likeness (QED) is 0.815. The van der Waals surface area contributed by atoms with Crippen molar-refractivity contribution in [2.75, 3.05) is 0 Å². The highest BCUT2D eigenvalue weighted by Gasteiger charge is 2.20. The minimum Gasteiger partial charge on any atom is -0.324 e. The van der Waals surface area contributed by atoms with E-state index in [-0.39, 0.29) is 6.04 Å². The first-order valence-corrected chi connectivity index (χ1v) is 7.55. The van der Waals surface area contributed by atoms with Crippen molar-refractivity contribution >= 4 is 15.9 Å². The van der Waals surface area contributed by atoms with Crippen molar-refractivity contribution in [1.29, 1.82) is 0 Å². The molecular formula is C15H18BrN3. The van der Waals surface area contributed by atoms with Crippen LogP contribution >= 0.6 is 15.9 Å². The van der Waals surface area contributed by atoms with Gasteiger partial charge in [0, 0.05) is 21.8 Å². The Bertz CT molecular complexity index is 603. The molecule has 0 bridgehead atoms. The molecule has 0 fully saturated rings. The minimum absolute atomic E-state index is 0.141. The summed E-state index contributed by atoms with van der Waals surface area (Å²) in [7, 11) is 0. The van der Waals surface area contributed by atoms with E-state index in [9.17, 15) is 0 Å². The van der Waals surface area contributed by atoms with E-state index in [0.29, 0.717) is 0 Å². The van der Waals surface area contributed by atoms with Crippen LogP contribution in [0, 0.1) is 6.92 Å². The SMILES string of the molecule is Cc1cc(Br)ccc1-n1ncc2c1CCCCC2N. The number of aryl methyl sites for hydroxylation is 1. The highest BCUT2D eigenvalue weighted by molar-refractivity contribution is 9.10. The fourth-order valence-corrected chi connectivity index (χ4v) is 3.30. The Morgan fingerprint density at radius 1 is 1.37 bits per heavy atom. The summed E-state index contributed by atoms with van der Waals surface area (Å²) in [6, 6.07) is 6.44. The zero-order valence-electron chi connectivity index (χ0n) is 11.1. The van der Waals surface area contributed by atoms with E-state index in [1.165, 1.54) is 29.7 Å². The molecule has 1 aromatic carbocycles. The second-order valence-corrected chi connectivity index (χ2v) is 6.16. The minimum atomic E-state index is 0.141. The number of nitrogens with zero attached hydrogens (tertiary/aromatic N) is 2. The summed E-state index contributed by atoms with van der Waals surface area (Å²) in [5.41, 5.74) is 11.1. The Balaban J connectivity index is 2.11. The fraction of sp³-hybridized carbons (Fsp3) is 0.400. The smallest absolute Gasteiger partial charge is 0.0678 e. The molecule has 4 heteroatoms. The number of hydrogen-bond donors (Lipinski definition) is 1. The van der Waals surface area contributed by atoms with Gasteiger partial charge in [0.15, 0.2) is 0 Å². The monoisotopic (exact) mass is 319 g/mol. The molecule has 2 aromatic rings. The number of fused-ring (bicyclic) bond motifs is 1. The van der Waals surface area contributed by atoms with Crippen LogP contribution in [0.1, 0.15) is 42.1 Å². The van der Waals surface area contributed by atoms with Gasteiger partial charge in [-0.2, -0.15) is 5.10 Å². The van der Waals surface area contributed by atoms with Gasteiger partial charge < -0.3 is 5.73 Å². The van der Waals surface area contributed by atoms with Crippen molar-refractivity contribution in [1.82, 2.24) is 9.78 Å². The number of benzene rings is 1. The summed E-state index contributed by atoms with van der Waals surface area (Å²) >= 11 is 3.51. The van der Waals surface area contributed by atoms with Crippen molar-refractivity contribution in [3.05, 3.63) is 45.7 Å². The molecule has 0 amide bonds. The van der Waals surface area contributed by atoms with Crippen LogP contribution in [-0.2, 0) is 6.42 Å². The van der Waals surface area contributed by atoms with E-state index in [4.69, 9.17) is 5.73 Å². The normalized spacial score (nSPS) is 19.0. The molecule has 2 N–H and O–H groups in total. The number of aromatic nitrogens is 2. The summed E-state index contributed by atoms with van der Waals surface area (Å²) in [5, 5.41) is 4.57. The number of nitrogens with two attached hydrogens (primary N) is 1. The van der Waals surface area contributed by atoms with Crippen LogP contribution in [-0.4, -0.2) is 9.78 Å². The molecule has 3 rings (SSSR count). The third kappa shape index (κ3) is 2.35.